The quantitative estimate of drug-likeness (QED) is 0.642. The van der Waals surface area contributed by atoms with Crippen molar-refractivity contribution in [3.05, 3.63) is 0 Å². The largest absolute Gasteiger partial charge is 0.480 e. The Morgan fingerprint density at radius 2 is 1.48 bits per heavy atom. The van der Waals surface area contributed by atoms with Crippen molar-refractivity contribution in [1.82, 2.24) is 10.6 Å². The van der Waals surface area contributed by atoms with Gasteiger partial charge in [-0.05, 0) is 86.0 Å². The number of thioether (sulfide) groups is 1. The molecule has 0 unspecified atom stereocenters. The van der Waals surface area contributed by atoms with Gasteiger partial charge in [-0.3, -0.25) is 9.59 Å². The van der Waals surface area contributed by atoms with Gasteiger partial charge in [-0.25, -0.2) is 4.79 Å². The molecule has 4 aliphatic carbocycles. The van der Waals surface area contributed by atoms with Crippen LogP contribution in [0.1, 0.15) is 57.8 Å². The number of nitrogens with one attached hydrogen (secondary N) is 2. The molecule has 0 aromatic heterocycles. The molecule has 5 rings (SSSR count). The molecular formula is C20H30N2O4S. The Kier molecular flexibility index (Phi) is 5.16. The summed E-state index contributed by atoms with van der Waals surface area (Å²) in [4.78, 5) is 36.5. The maximum absolute atomic E-state index is 12.5. The number of carbonyl (C=O) groups excluding carboxylic acids is 2. The van der Waals surface area contributed by atoms with Crippen LogP contribution in [0.3, 0.4) is 0 Å². The van der Waals surface area contributed by atoms with Gasteiger partial charge in [0.15, 0.2) is 0 Å². The Morgan fingerprint density at radius 3 is 2.00 bits per heavy atom. The maximum atomic E-state index is 12.5. The minimum atomic E-state index is -1.17. The first kappa shape index (κ1) is 19.1. The van der Waals surface area contributed by atoms with E-state index in [-0.39, 0.29) is 17.9 Å². The van der Waals surface area contributed by atoms with Crippen LogP contribution in [0.4, 0.5) is 0 Å². The first-order valence-corrected chi connectivity index (χ1v) is 11.4. The van der Waals surface area contributed by atoms with Gasteiger partial charge in [-0.15, -0.1) is 0 Å². The molecule has 0 radical (unpaired) electrons. The summed E-state index contributed by atoms with van der Waals surface area (Å²) in [6.07, 6.45) is 8.91. The lowest BCUT2D eigenvalue weighted by Crippen LogP contribution is -2.58. The zero-order valence-electron chi connectivity index (χ0n) is 15.8. The number of aliphatic carboxylic acids is 1. The molecule has 4 saturated carbocycles. The molecule has 0 atom stereocenters. The van der Waals surface area contributed by atoms with Crippen LogP contribution in [-0.2, 0) is 14.4 Å². The highest BCUT2D eigenvalue weighted by Crippen LogP contribution is 2.61. The van der Waals surface area contributed by atoms with Crippen molar-refractivity contribution >= 4 is 29.5 Å². The van der Waals surface area contributed by atoms with Crippen molar-refractivity contribution in [2.24, 2.45) is 23.2 Å². The average molecular weight is 395 g/mol. The first-order valence-electron chi connectivity index (χ1n) is 10.3. The predicted octanol–water partition coefficient (Wildman–Crippen LogP) is 2.18. The molecule has 27 heavy (non-hydrogen) atoms. The van der Waals surface area contributed by atoms with E-state index in [1.54, 1.807) is 11.8 Å². The van der Waals surface area contributed by atoms with E-state index in [1.165, 1.54) is 38.5 Å². The predicted molar refractivity (Wildman–Crippen MR) is 103 cm³/mol. The fourth-order valence-electron chi connectivity index (χ4n) is 6.51. The lowest BCUT2D eigenvalue weighted by molar-refractivity contribution is -0.148. The number of carboxylic acids is 1. The summed E-state index contributed by atoms with van der Waals surface area (Å²) in [6.45, 7) is -0.132. The molecule has 0 aromatic rings. The van der Waals surface area contributed by atoms with Gasteiger partial charge in [-0.2, -0.15) is 11.8 Å². The van der Waals surface area contributed by atoms with E-state index < -0.39 is 17.4 Å². The monoisotopic (exact) mass is 394 g/mol. The molecule has 5 aliphatic rings. The van der Waals surface area contributed by atoms with E-state index >= 15 is 0 Å². The molecule has 2 amide bonds. The first-order chi connectivity index (χ1) is 12.9. The molecule has 0 aromatic carbocycles. The van der Waals surface area contributed by atoms with Crippen molar-refractivity contribution in [2.45, 2.75) is 63.3 Å². The van der Waals surface area contributed by atoms with Crippen LogP contribution < -0.4 is 10.6 Å². The van der Waals surface area contributed by atoms with Crippen molar-refractivity contribution in [1.29, 1.82) is 0 Å². The Morgan fingerprint density at radius 1 is 0.926 bits per heavy atom. The summed E-state index contributed by atoms with van der Waals surface area (Å²) in [5, 5.41) is 15.0. The molecule has 1 heterocycles. The van der Waals surface area contributed by atoms with Crippen molar-refractivity contribution < 1.29 is 19.5 Å². The van der Waals surface area contributed by atoms with Gasteiger partial charge in [0.1, 0.15) is 5.54 Å². The van der Waals surface area contributed by atoms with Crippen LogP contribution in [0.5, 0.6) is 0 Å². The zero-order valence-corrected chi connectivity index (χ0v) is 16.6. The van der Waals surface area contributed by atoms with Crippen molar-refractivity contribution in [3.63, 3.8) is 0 Å². The highest BCUT2D eigenvalue weighted by molar-refractivity contribution is 7.99. The topological polar surface area (TPSA) is 95.5 Å². The Balaban J connectivity index is 1.28. The summed E-state index contributed by atoms with van der Waals surface area (Å²) in [7, 11) is 0. The number of carboxylic acid groups (broad SMARTS) is 1. The van der Waals surface area contributed by atoms with Crippen LogP contribution in [-0.4, -0.2) is 46.5 Å². The summed E-state index contributed by atoms with van der Waals surface area (Å²) in [6, 6.07) is 0. The van der Waals surface area contributed by atoms with Gasteiger partial charge in [0.05, 0.1) is 6.54 Å². The van der Waals surface area contributed by atoms with Gasteiger partial charge < -0.3 is 15.7 Å². The third-order valence-corrected chi connectivity index (χ3v) is 8.27. The second-order valence-corrected chi connectivity index (χ2v) is 10.6. The second-order valence-electron chi connectivity index (χ2n) is 9.42. The molecule has 1 aliphatic heterocycles. The molecule has 7 heteroatoms. The van der Waals surface area contributed by atoms with Crippen molar-refractivity contribution in [2.75, 3.05) is 18.1 Å². The third kappa shape index (κ3) is 3.98. The molecule has 150 valence electrons. The van der Waals surface area contributed by atoms with E-state index in [2.05, 4.69) is 10.6 Å². The van der Waals surface area contributed by atoms with E-state index in [1.807, 2.05) is 0 Å². The minimum absolute atomic E-state index is 0.0596. The van der Waals surface area contributed by atoms with Crippen molar-refractivity contribution in [3.8, 4) is 0 Å². The Labute approximate surface area is 164 Å². The molecule has 5 fully saturated rings. The molecule has 0 spiro atoms. The summed E-state index contributed by atoms with van der Waals surface area (Å²) >= 11 is 1.71. The number of carbonyl (C=O) groups is 3. The van der Waals surface area contributed by atoms with E-state index in [9.17, 15) is 19.5 Å². The minimum Gasteiger partial charge on any atom is -0.480 e. The fourth-order valence-corrected chi connectivity index (χ4v) is 7.70. The van der Waals surface area contributed by atoms with Crippen LogP contribution in [0.2, 0.25) is 0 Å². The van der Waals surface area contributed by atoms with Gasteiger partial charge in [-0.1, -0.05) is 0 Å². The smallest absolute Gasteiger partial charge is 0.329 e. The lowest BCUT2D eigenvalue weighted by Gasteiger charge is -2.56. The Bertz CT molecular complexity index is 594. The van der Waals surface area contributed by atoms with Gasteiger partial charge in [0.25, 0.3) is 0 Å². The fraction of sp³-hybridized carbons (Fsp3) is 0.850. The number of hydrogen-bond donors (Lipinski definition) is 3. The number of hydrogen-bond acceptors (Lipinski definition) is 4. The van der Waals surface area contributed by atoms with Crippen LogP contribution in [0.25, 0.3) is 0 Å². The second kappa shape index (κ2) is 7.30. The van der Waals surface area contributed by atoms with E-state index in [4.69, 9.17) is 0 Å². The normalized spacial score (nSPS) is 36.2. The molecular weight excluding hydrogens is 364 g/mol. The Hall–Kier alpha value is -1.24. The van der Waals surface area contributed by atoms with Gasteiger partial charge in [0.2, 0.25) is 11.8 Å². The van der Waals surface area contributed by atoms with E-state index in [0.717, 1.165) is 29.3 Å². The molecule has 6 nitrogen and oxygen atoms in total. The highest BCUT2D eigenvalue weighted by Gasteiger charge is 2.51. The van der Waals surface area contributed by atoms with E-state index in [0.29, 0.717) is 19.3 Å². The van der Waals surface area contributed by atoms with Crippen LogP contribution in [0, 0.1) is 23.2 Å². The molecule has 3 N–H and O–H groups in total. The maximum Gasteiger partial charge on any atom is 0.329 e. The molecule has 4 bridgehead atoms. The summed E-state index contributed by atoms with van der Waals surface area (Å²) in [5.74, 6) is 2.41. The third-order valence-electron chi connectivity index (χ3n) is 7.28. The lowest BCUT2D eigenvalue weighted by atomic mass is 9.49. The van der Waals surface area contributed by atoms with Gasteiger partial charge in [0, 0.05) is 6.42 Å². The summed E-state index contributed by atoms with van der Waals surface area (Å²) < 4.78 is 0. The van der Waals surface area contributed by atoms with Crippen LogP contribution in [0.15, 0.2) is 0 Å². The van der Waals surface area contributed by atoms with Gasteiger partial charge >= 0.3 is 5.97 Å². The zero-order chi connectivity index (χ0) is 19.1. The average Bonchev–Trinajstić information content (AvgIpc) is 2.59. The SMILES string of the molecule is O=C(CC12CC3CC(CC(C3)C1)C2)NCC(=O)NC1(C(=O)O)CCSCC1. The standard InChI is InChI=1S/C20H30N2O4S/c23-16(11-19-8-13-5-14(9-19)7-15(6-13)10-19)21-12-17(24)22-20(18(25)26)1-3-27-4-2-20/h13-15H,1-12H2,(H,21,23)(H,22,24)(H,25,26). The van der Waals surface area contributed by atoms with Crippen LogP contribution >= 0.6 is 11.8 Å². The summed E-state index contributed by atoms with van der Waals surface area (Å²) in [5.41, 5.74) is -1.02. The number of rotatable bonds is 6. The highest BCUT2D eigenvalue weighted by atomic mass is 32.2. The number of amides is 2. The molecule has 1 saturated heterocycles.